The second-order valence-electron chi connectivity index (χ2n) is 4.53. The predicted molar refractivity (Wildman–Crippen MR) is 65.8 cm³/mol. The topological polar surface area (TPSA) is 60.5 Å². The van der Waals surface area contributed by atoms with Gasteiger partial charge in [0.25, 0.3) is 5.91 Å². The molecule has 1 saturated heterocycles. The molecule has 0 atom stereocenters. The largest absolute Gasteiger partial charge is 0.397 e. The zero-order valence-corrected chi connectivity index (χ0v) is 10.3. The van der Waals surface area contributed by atoms with Gasteiger partial charge in [-0.3, -0.25) is 4.79 Å². The molecule has 1 aromatic heterocycles. The minimum atomic E-state index is 0.0242. The molecule has 1 aliphatic rings. The molecule has 1 amide bonds. The van der Waals surface area contributed by atoms with Crippen LogP contribution in [-0.2, 0) is 11.8 Å². The van der Waals surface area contributed by atoms with Gasteiger partial charge in [-0.05, 0) is 18.9 Å². The van der Waals surface area contributed by atoms with E-state index in [4.69, 9.17) is 10.5 Å². The first-order valence-electron chi connectivity index (χ1n) is 5.86. The van der Waals surface area contributed by atoms with Crippen molar-refractivity contribution in [1.82, 2.24) is 9.47 Å². The Balaban J connectivity index is 2.11. The Kier molecular flexibility index (Phi) is 3.38. The highest BCUT2D eigenvalue weighted by atomic mass is 16.5. The molecule has 1 fully saturated rings. The van der Waals surface area contributed by atoms with E-state index in [1.54, 1.807) is 21.7 Å². The van der Waals surface area contributed by atoms with Crippen LogP contribution in [0.4, 0.5) is 5.69 Å². The molecule has 1 aliphatic heterocycles. The minimum Gasteiger partial charge on any atom is -0.397 e. The summed E-state index contributed by atoms with van der Waals surface area (Å²) in [5.74, 6) is 0.0242. The summed E-state index contributed by atoms with van der Waals surface area (Å²) in [6, 6.07) is 1.99. The van der Waals surface area contributed by atoms with Gasteiger partial charge in [-0.1, -0.05) is 0 Å². The Labute approximate surface area is 101 Å². The van der Waals surface area contributed by atoms with Crippen molar-refractivity contribution in [2.24, 2.45) is 7.05 Å². The van der Waals surface area contributed by atoms with E-state index in [9.17, 15) is 4.79 Å². The average molecular weight is 237 g/mol. The highest BCUT2D eigenvalue weighted by Crippen LogP contribution is 2.17. The number of nitrogens with two attached hydrogens (primary N) is 1. The van der Waals surface area contributed by atoms with Crippen LogP contribution in [0.5, 0.6) is 0 Å². The lowest BCUT2D eigenvalue weighted by molar-refractivity contribution is 0.0357. The van der Waals surface area contributed by atoms with Crippen LogP contribution in [0.15, 0.2) is 12.3 Å². The molecule has 0 radical (unpaired) electrons. The predicted octanol–water partition coefficient (Wildman–Crippen LogP) is 0.858. The van der Waals surface area contributed by atoms with Gasteiger partial charge in [0.1, 0.15) is 5.69 Å². The van der Waals surface area contributed by atoms with Gasteiger partial charge in [0, 0.05) is 39.5 Å². The van der Waals surface area contributed by atoms with E-state index in [0.29, 0.717) is 11.4 Å². The summed E-state index contributed by atoms with van der Waals surface area (Å²) in [5.41, 5.74) is 6.94. The van der Waals surface area contributed by atoms with Gasteiger partial charge in [0.15, 0.2) is 0 Å². The van der Waals surface area contributed by atoms with E-state index in [-0.39, 0.29) is 11.9 Å². The van der Waals surface area contributed by atoms with Crippen LogP contribution >= 0.6 is 0 Å². The molecule has 2 rings (SSSR count). The van der Waals surface area contributed by atoms with E-state index < -0.39 is 0 Å². The fourth-order valence-corrected chi connectivity index (χ4v) is 2.22. The average Bonchev–Trinajstić information content (AvgIpc) is 2.68. The van der Waals surface area contributed by atoms with Crippen molar-refractivity contribution >= 4 is 11.6 Å². The van der Waals surface area contributed by atoms with Gasteiger partial charge in [-0.15, -0.1) is 0 Å². The molecule has 1 aromatic rings. The molecule has 0 bridgehead atoms. The van der Waals surface area contributed by atoms with E-state index in [1.807, 2.05) is 14.1 Å². The molecule has 2 heterocycles. The van der Waals surface area contributed by atoms with Crippen molar-refractivity contribution in [3.05, 3.63) is 18.0 Å². The third-order valence-corrected chi connectivity index (χ3v) is 3.30. The maximum absolute atomic E-state index is 12.3. The zero-order chi connectivity index (χ0) is 12.4. The van der Waals surface area contributed by atoms with Crippen molar-refractivity contribution < 1.29 is 9.53 Å². The van der Waals surface area contributed by atoms with Crippen LogP contribution in [-0.4, -0.2) is 41.7 Å². The molecule has 0 spiro atoms. The number of aryl methyl sites for hydroxylation is 1. The van der Waals surface area contributed by atoms with Crippen LogP contribution in [0.1, 0.15) is 23.3 Å². The second-order valence-corrected chi connectivity index (χ2v) is 4.53. The number of amides is 1. The van der Waals surface area contributed by atoms with Crippen molar-refractivity contribution in [2.45, 2.75) is 18.9 Å². The number of nitrogens with zero attached hydrogens (tertiary/aromatic N) is 2. The molecule has 0 unspecified atom stereocenters. The quantitative estimate of drug-likeness (QED) is 0.829. The zero-order valence-electron chi connectivity index (χ0n) is 10.3. The van der Waals surface area contributed by atoms with Crippen molar-refractivity contribution in [3.8, 4) is 0 Å². The van der Waals surface area contributed by atoms with Crippen molar-refractivity contribution in [1.29, 1.82) is 0 Å². The molecule has 0 aromatic carbocycles. The molecule has 5 heteroatoms. The Hall–Kier alpha value is -1.49. The number of aromatic nitrogens is 1. The monoisotopic (exact) mass is 237 g/mol. The standard InChI is InChI=1S/C12H19N3O2/c1-14-8-9(13)7-11(14)12(16)15(2)10-3-5-17-6-4-10/h7-8,10H,3-6,13H2,1-2H3. The molecule has 94 valence electrons. The summed E-state index contributed by atoms with van der Waals surface area (Å²) in [7, 11) is 3.68. The first-order valence-corrected chi connectivity index (χ1v) is 5.86. The van der Waals surface area contributed by atoms with E-state index in [1.165, 1.54) is 0 Å². The van der Waals surface area contributed by atoms with Crippen molar-refractivity contribution in [3.63, 3.8) is 0 Å². The Morgan fingerprint density at radius 2 is 2.18 bits per heavy atom. The number of ether oxygens (including phenoxy) is 1. The van der Waals surface area contributed by atoms with Gasteiger partial charge in [-0.25, -0.2) is 0 Å². The van der Waals surface area contributed by atoms with E-state index in [2.05, 4.69) is 0 Å². The summed E-state index contributed by atoms with van der Waals surface area (Å²) in [5, 5.41) is 0. The minimum absolute atomic E-state index is 0.0242. The molecule has 5 nitrogen and oxygen atoms in total. The fourth-order valence-electron chi connectivity index (χ4n) is 2.22. The first-order chi connectivity index (χ1) is 8.09. The summed E-state index contributed by atoms with van der Waals surface area (Å²) in [6.45, 7) is 1.47. The SMILES string of the molecule is CN(C(=O)c1cc(N)cn1C)C1CCOCC1. The van der Waals surface area contributed by atoms with E-state index in [0.717, 1.165) is 26.1 Å². The maximum Gasteiger partial charge on any atom is 0.270 e. The Morgan fingerprint density at radius 3 is 2.71 bits per heavy atom. The number of nitrogen functional groups attached to an aromatic ring is 1. The smallest absolute Gasteiger partial charge is 0.270 e. The van der Waals surface area contributed by atoms with Crippen LogP contribution < -0.4 is 5.73 Å². The van der Waals surface area contributed by atoms with Gasteiger partial charge in [0.05, 0.1) is 5.69 Å². The van der Waals surface area contributed by atoms with Gasteiger partial charge >= 0.3 is 0 Å². The summed E-state index contributed by atoms with van der Waals surface area (Å²) in [4.78, 5) is 14.1. The summed E-state index contributed by atoms with van der Waals surface area (Å²) < 4.78 is 7.07. The highest BCUT2D eigenvalue weighted by Gasteiger charge is 2.24. The Morgan fingerprint density at radius 1 is 1.53 bits per heavy atom. The summed E-state index contributed by atoms with van der Waals surface area (Å²) >= 11 is 0. The molecular formula is C12H19N3O2. The first kappa shape index (κ1) is 12.0. The number of rotatable bonds is 2. The summed E-state index contributed by atoms with van der Waals surface area (Å²) in [6.07, 6.45) is 3.56. The molecule has 0 saturated carbocycles. The number of anilines is 1. The van der Waals surface area contributed by atoms with Crippen LogP contribution in [0.25, 0.3) is 0 Å². The second kappa shape index (κ2) is 4.79. The Bertz CT molecular complexity index is 408. The lowest BCUT2D eigenvalue weighted by atomic mass is 10.1. The number of carbonyl (C=O) groups is 1. The van der Waals surface area contributed by atoms with Gasteiger partial charge in [0.2, 0.25) is 0 Å². The van der Waals surface area contributed by atoms with Gasteiger partial charge in [-0.2, -0.15) is 0 Å². The van der Waals surface area contributed by atoms with E-state index >= 15 is 0 Å². The van der Waals surface area contributed by atoms with Crippen LogP contribution in [0.3, 0.4) is 0 Å². The maximum atomic E-state index is 12.3. The van der Waals surface area contributed by atoms with Gasteiger partial charge < -0.3 is 19.9 Å². The lowest BCUT2D eigenvalue weighted by Gasteiger charge is -2.31. The third-order valence-electron chi connectivity index (χ3n) is 3.30. The molecule has 0 aliphatic carbocycles. The molecule has 17 heavy (non-hydrogen) atoms. The third kappa shape index (κ3) is 2.44. The molecular weight excluding hydrogens is 218 g/mol. The number of hydrogen-bond acceptors (Lipinski definition) is 3. The normalized spacial score (nSPS) is 17.1. The van der Waals surface area contributed by atoms with Crippen LogP contribution in [0, 0.1) is 0 Å². The number of carbonyl (C=O) groups excluding carboxylic acids is 1. The van der Waals surface area contributed by atoms with Crippen LogP contribution in [0.2, 0.25) is 0 Å². The fraction of sp³-hybridized carbons (Fsp3) is 0.583. The highest BCUT2D eigenvalue weighted by molar-refractivity contribution is 5.93. The number of hydrogen-bond donors (Lipinski definition) is 1. The molecule has 2 N–H and O–H groups in total. The lowest BCUT2D eigenvalue weighted by Crippen LogP contribution is -2.41. The van der Waals surface area contributed by atoms with Crippen molar-refractivity contribution in [2.75, 3.05) is 26.0 Å².